The van der Waals surface area contributed by atoms with E-state index in [-0.39, 0.29) is 24.7 Å². The molecule has 0 unspecified atom stereocenters. The lowest BCUT2D eigenvalue weighted by Gasteiger charge is -2.10. The van der Waals surface area contributed by atoms with E-state index in [9.17, 15) is 9.59 Å². The topological polar surface area (TPSA) is 82.8 Å². The first-order valence-corrected chi connectivity index (χ1v) is 9.49. The summed E-state index contributed by atoms with van der Waals surface area (Å²) in [5.41, 5.74) is 2.87. The van der Waals surface area contributed by atoms with Gasteiger partial charge in [-0.25, -0.2) is 14.3 Å². The van der Waals surface area contributed by atoms with Gasteiger partial charge in [-0.2, -0.15) is 5.10 Å². The van der Waals surface area contributed by atoms with Gasteiger partial charge in [-0.15, -0.1) is 0 Å². The van der Waals surface area contributed by atoms with Crippen molar-refractivity contribution < 1.29 is 19.1 Å². The Bertz CT molecular complexity index is 1200. The predicted octanol–water partition coefficient (Wildman–Crippen LogP) is 3.57. The molecule has 0 saturated carbocycles. The Balaban J connectivity index is 1.61. The molecule has 0 radical (unpaired) electrons. The number of nitrogens with zero attached hydrogens (tertiary/aromatic N) is 3. The first kappa shape index (κ1) is 19.3. The summed E-state index contributed by atoms with van der Waals surface area (Å²) < 4.78 is 12.0. The van der Waals surface area contributed by atoms with Crippen molar-refractivity contribution in [3.8, 4) is 17.0 Å². The Kier molecular flexibility index (Phi) is 5.52. The van der Waals surface area contributed by atoms with E-state index in [1.807, 2.05) is 36.4 Å². The van der Waals surface area contributed by atoms with Crippen molar-refractivity contribution in [3.63, 3.8) is 0 Å². The van der Waals surface area contributed by atoms with E-state index < -0.39 is 5.97 Å². The van der Waals surface area contributed by atoms with Crippen LogP contribution in [0.25, 0.3) is 16.9 Å². The van der Waals surface area contributed by atoms with E-state index in [1.54, 1.807) is 48.0 Å². The molecule has 4 rings (SSSR count). The highest BCUT2D eigenvalue weighted by Gasteiger charge is 2.18. The van der Waals surface area contributed by atoms with E-state index in [0.29, 0.717) is 17.0 Å². The highest BCUT2D eigenvalue weighted by atomic mass is 16.6. The second kappa shape index (κ2) is 8.57. The molecule has 7 nitrogen and oxygen atoms in total. The summed E-state index contributed by atoms with van der Waals surface area (Å²) in [5, 5.41) is 4.51. The van der Waals surface area contributed by atoms with Gasteiger partial charge in [0, 0.05) is 17.8 Å². The molecule has 0 spiro atoms. The molecule has 0 bridgehead atoms. The Morgan fingerprint density at radius 1 is 1.00 bits per heavy atom. The largest absolute Gasteiger partial charge is 0.481 e. The molecular formula is C23H19N3O4. The van der Waals surface area contributed by atoms with Gasteiger partial charge in [0.1, 0.15) is 11.4 Å². The Morgan fingerprint density at radius 3 is 2.57 bits per heavy atom. The minimum Gasteiger partial charge on any atom is -0.481 e. The quantitative estimate of drug-likeness (QED) is 0.348. The molecule has 30 heavy (non-hydrogen) atoms. The summed E-state index contributed by atoms with van der Waals surface area (Å²) in [5.74, 6) is -0.498. The van der Waals surface area contributed by atoms with Crippen LogP contribution in [0.15, 0.2) is 72.9 Å². The zero-order valence-electron chi connectivity index (χ0n) is 16.3. The SMILES string of the molecule is CCOC(=O)COc1ccccc1C(=O)c1ccn2nc(-c3ccccc3)cc2n1. The molecule has 0 aliphatic rings. The van der Waals surface area contributed by atoms with Crippen molar-refractivity contribution in [1.82, 2.24) is 14.6 Å². The third kappa shape index (κ3) is 4.05. The first-order chi connectivity index (χ1) is 14.7. The number of esters is 1. The van der Waals surface area contributed by atoms with Gasteiger partial charge in [0.05, 0.1) is 17.9 Å². The lowest BCUT2D eigenvalue weighted by molar-refractivity contribution is -0.145. The summed E-state index contributed by atoms with van der Waals surface area (Å²) in [6, 6.07) is 19.9. The van der Waals surface area contributed by atoms with E-state index in [0.717, 1.165) is 11.3 Å². The summed E-state index contributed by atoms with van der Waals surface area (Å²) in [4.78, 5) is 29.1. The van der Waals surface area contributed by atoms with Gasteiger partial charge < -0.3 is 9.47 Å². The van der Waals surface area contributed by atoms with Crippen molar-refractivity contribution in [1.29, 1.82) is 0 Å². The standard InChI is InChI=1S/C23H19N3O4/c1-2-29-22(27)15-30-20-11-7-6-10-17(20)23(28)18-12-13-26-21(24-18)14-19(25-26)16-8-4-3-5-9-16/h3-14H,2,15H2,1H3. The molecule has 2 heterocycles. The maximum absolute atomic E-state index is 13.1. The van der Waals surface area contributed by atoms with Crippen LogP contribution in [-0.4, -0.2) is 39.6 Å². The molecule has 0 aliphatic heterocycles. The number of hydrogen-bond donors (Lipinski definition) is 0. The summed E-state index contributed by atoms with van der Waals surface area (Å²) in [6.07, 6.45) is 1.70. The monoisotopic (exact) mass is 401 g/mol. The zero-order valence-corrected chi connectivity index (χ0v) is 16.3. The minimum absolute atomic E-state index is 0.259. The molecule has 7 heteroatoms. The highest BCUT2D eigenvalue weighted by molar-refractivity contribution is 6.09. The molecule has 0 atom stereocenters. The number of aromatic nitrogens is 3. The smallest absolute Gasteiger partial charge is 0.344 e. The fourth-order valence-corrected chi connectivity index (χ4v) is 3.01. The molecule has 4 aromatic rings. The van der Waals surface area contributed by atoms with Crippen LogP contribution in [0.1, 0.15) is 23.0 Å². The molecule has 0 amide bonds. The number of carbonyl (C=O) groups excluding carboxylic acids is 2. The number of fused-ring (bicyclic) bond motifs is 1. The molecular weight excluding hydrogens is 382 g/mol. The average Bonchev–Trinajstić information content (AvgIpc) is 3.22. The van der Waals surface area contributed by atoms with Crippen molar-refractivity contribution in [3.05, 3.63) is 84.2 Å². The number of ether oxygens (including phenoxy) is 2. The van der Waals surface area contributed by atoms with Gasteiger partial charge in [0.15, 0.2) is 12.3 Å². The van der Waals surface area contributed by atoms with E-state index in [2.05, 4.69) is 10.1 Å². The van der Waals surface area contributed by atoms with Crippen LogP contribution >= 0.6 is 0 Å². The maximum atomic E-state index is 13.1. The Labute approximate surface area is 172 Å². The lowest BCUT2D eigenvalue weighted by Crippen LogP contribution is -2.16. The normalized spacial score (nSPS) is 10.7. The molecule has 0 fully saturated rings. The highest BCUT2D eigenvalue weighted by Crippen LogP contribution is 2.23. The number of rotatable bonds is 7. The van der Waals surface area contributed by atoms with Gasteiger partial charge in [-0.3, -0.25) is 4.79 Å². The minimum atomic E-state index is -0.494. The van der Waals surface area contributed by atoms with Crippen LogP contribution < -0.4 is 4.74 Å². The molecule has 0 N–H and O–H groups in total. The van der Waals surface area contributed by atoms with Crippen LogP contribution in [0.3, 0.4) is 0 Å². The third-order valence-electron chi connectivity index (χ3n) is 4.41. The molecule has 2 aromatic carbocycles. The molecule has 0 aliphatic carbocycles. The maximum Gasteiger partial charge on any atom is 0.344 e. The molecule has 0 saturated heterocycles. The van der Waals surface area contributed by atoms with Gasteiger partial charge in [0.25, 0.3) is 0 Å². The summed E-state index contributed by atoms with van der Waals surface area (Å²) in [7, 11) is 0. The van der Waals surface area contributed by atoms with E-state index in [4.69, 9.17) is 9.47 Å². The predicted molar refractivity (Wildman–Crippen MR) is 110 cm³/mol. The van der Waals surface area contributed by atoms with Gasteiger partial charge in [0.2, 0.25) is 5.78 Å². The number of ketones is 1. The van der Waals surface area contributed by atoms with E-state index >= 15 is 0 Å². The Hall–Kier alpha value is -4.00. The second-order valence-electron chi connectivity index (χ2n) is 6.43. The molecule has 150 valence electrons. The zero-order chi connectivity index (χ0) is 20.9. The van der Waals surface area contributed by atoms with Crippen molar-refractivity contribution in [2.75, 3.05) is 13.2 Å². The molecule has 2 aromatic heterocycles. The van der Waals surface area contributed by atoms with Crippen LogP contribution in [0, 0.1) is 0 Å². The number of benzene rings is 2. The van der Waals surface area contributed by atoms with Gasteiger partial charge in [-0.1, -0.05) is 42.5 Å². The van der Waals surface area contributed by atoms with Crippen molar-refractivity contribution in [2.45, 2.75) is 6.92 Å². The van der Waals surface area contributed by atoms with Crippen LogP contribution in [-0.2, 0) is 9.53 Å². The van der Waals surface area contributed by atoms with Gasteiger partial charge >= 0.3 is 5.97 Å². The van der Waals surface area contributed by atoms with Crippen molar-refractivity contribution >= 4 is 17.4 Å². The third-order valence-corrected chi connectivity index (χ3v) is 4.41. The fourth-order valence-electron chi connectivity index (χ4n) is 3.01. The van der Waals surface area contributed by atoms with Gasteiger partial charge in [-0.05, 0) is 25.1 Å². The Morgan fingerprint density at radius 2 is 1.77 bits per heavy atom. The van der Waals surface area contributed by atoms with E-state index in [1.165, 1.54) is 0 Å². The van der Waals surface area contributed by atoms with Crippen LogP contribution in [0.5, 0.6) is 5.75 Å². The van der Waals surface area contributed by atoms with Crippen molar-refractivity contribution in [2.24, 2.45) is 0 Å². The summed E-state index contributed by atoms with van der Waals surface area (Å²) >= 11 is 0. The number of carbonyl (C=O) groups is 2. The lowest BCUT2D eigenvalue weighted by atomic mass is 10.1. The average molecular weight is 401 g/mol. The fraction of sp³-hybridized carbons (Fsp3) is 0.130. The van der Waals surface area contributed by atoms with Crippen LogP contribution in [0.4, 0.5) is 0 Å². The van der Waals surface area contributed by atoms with Crippen LogP contribution in [0.2, 0.25) is 0 Å². The first-order valence-electron chi connectivity index (χ1n) is 9.49. The summed E-state index contributed by atoms with van der Waals surface area (Å²) in [6.45, 7) is 1.72. The second-order valence-corrected chi connectivity index (χ2v) is 6.43. The number of para-hydroxylation sites is 1. The number of hydrogen-bond acceptors (Lipinski definition) is 6.